The zero-order chi connectivity index (χ0) is 31.6. The molecular weight excluding hydrogens is 559 g/mol. The summed E-state index contributed by atoms with van der Waals surface area (Å²) in [7, 11) is 0. The number of benzene rings is 3. The number of ether oxygens (including phenoxy) is 4. The molecule has 0 spiro atoms. The van der Waals surface area contributed by atoms with Crippen molar-refractivity contribution in [3.05, 3.63) is 78.1 Å². The molecule has 1 atom stereocenters. The molecule has 0 fully saturated rings. The van der Waals surface area contributed by atoms with Gasteiger partial charge in [-0.15, -0.1) is 0 Å². The summed E-state index contributed by atoms with van der Waals surface area (Å²) in [5.41, 5.74) is 1.90. The van der Waals surface area contributed by atoms with E-state index in [4.69, 9.17) is 18.9 Å². The maximum Gasteiger partial charge on any atom is 0.343 e. The minimum absolute atomic E-state index is 0.107. The van der Waals surface area contributed by atoms with Gasteiger partial charge in [-0.25, -0.2) is 14.0 Å². The van der Waals surface area contributed by atoms with E-state index in [1.807, 2.05) is 24.3 Å². The Balaban J connectivity index is 1.44. The molecule has 0 aliphatic heterocycles. The molecule has 0 aromatic heterocycles. The lowest BCUT2D eigenvalue weighted by molar-refractivity contribution is -0.146. The van der Waals surface area contributed by atoms with Gasteiger partial charge in [-0.3, -0.25) is 0 Å². The van der Waals surface area contributed by atoms with Crippen molar-refractivity contribution in [3.8, 4) is 28.4 Å². The van der Waals surface area contributed by atoms with E-state index in [1.54, 1.807) is 31.2 Å². The van der Waals surface area contributed by atoms with E-state index in [9.17, 15) is 14.0 Å². The van der Waals surface area contributed by atoms with Crippen LogP contribution in [0, 0.1) is 5.82 Å². The van der Waals surface area contributed by atoms with E-state index in [0.717, 1.165) is 49.3 Å². The fraction of sp³-hybridized carbons (Fsp3) is 0.459. The van der Waals surface area contributed by atoms with Gasteiger partial charge in [0.05, 0.1) is 12.2 Å². The molecule has 0 aliphatic carbocycles. The van der Waals surface area contributed by atoms with E-state index < -0.39 is 23.9 Å². The second-order valence-electron chi connectivity index (χ2n) is 11.0. The highest BCUT2D eigenvalue weighted by molar-refractivity contribution is 5.91. The molecule has 238 valence electrons. The van der Waals surface area contributed by atoms with Crippen LogP contribution in [0.15, 0.2) is 66.7 Å². The average Bonchev–Trinajstić information content (AvgIpc) is 3.03. The highest BCUT2D eigenvalue weighted by atomic mass is 19.1. The number of rotatable bonds is 20. The summed E-state index contributed by atoms with van der Waals surface area (Å²) in [5, 5.41) is 0. The summed E-state index contributed by atoms with van der Waals surface area (Å²) in [5.74, 6) is -0.750. The quantitative estimate of drug-likeness (QED) is 0.0724. The van der Waals surface area contributed by atoms with Crippen LogP contribution in [0.2, 0.25) is 0 Å². The molecule has 0 aliphatic rings. The summed E-state index contributed by atoms with van der Waals surface area (Å²) >= 11 is 0. The highest BCUT2D eigenvalue weighted by Gasteiger charge is 2.16. The Morgan fingerprint density at radius 2 is 1.18 bits per heavy atom. The van der Waals surface area contributed by atoms with E-state index in [-0.39, 0.29) is 11.3 Å². The molecule has 3 aromatic carbocycles. The van der Waals surface area contributed by atoms with E-state index in [0.29, 0.717) is 24.7 Å². The first-order chi connectivity index (χ1) is 21.4. The lowest BCUT2D eigenvalue weighted by atomic mass is 10.1. The molecule has 7 heteroatoms. The van der Waals surface area contributed by atoms with Crippen LogP contribution in [-0.4, -0.2) is 31.3 Å². The van der Waals surface area contributed by atoms with Crippen LogP contribution in [0.1, 0.15) is 102 Å². The lowest BCUT2D eigenvalue weighted by Gasteiger charge is -2.13. The fourth-order valence-corrected chi connectivity index (χ4v) is 4.64. The molecule has 0 heterocycles. The number of hydrogen-bond acceptors (Lipinski definition) is 6. The first-order valence-electron chi connectivity index (χ1n) is 16.1. The molecule has 0 amide bonds. The molecule has 0 unspecified atom stereocenters. The minimum Gasteiger partial charge on any atom is -0.491 e. The van der Waals surface area contributed by atoms with Crippen molar-refractivity contribution >= 4 is 11.9 Å². The smallest absolute Gasteiger partial charge is 0.343 e. The third kappa shape index (κ3) is 12.1. The van der Waals surface area contributed by atoms with Gasteiger partial charge in [0.2, 0.25) is 0 Å². The largest absolute Gasteiger partial charge is 0.491 e. The second kappa shape index (κ2) is 19.5. The molecule has 0 N–H and O–H groups in total. The van der Waals surface area contributed by atoms with Gasteiger partial charge >= 0.3 is 11.9 Å². The number of halogens is 1. The van der Waals surface area contributed by atoms with Crippen LogP contribution in [0.4, 0.5) is 4.39 Å². The Morgan fingerprint density at radius 1 is 0.659 bits per heavy atom. The molecule has 3 rings (SSSR count). The van der Waals surface area contributed by atoms with Crippen LogP contribution in [0.5, 0.6) is 17.2 Å². The van der Waals surface area contributed by atoms with Gasteiger partial charge < -0.3 is 18.9 Å². The van der Waals surface area contributed by atoms with Crippen molar-refractivity contribution in [2.75, 3.05) is 13.2 Å². The topological polar surface area (TPSA) is 71.1 Å². The Hall–Kier alpha value is -3.71. The minimum atomic E-state index is -0.653. The predicted octanol–water partition coefficient (Wildman–Crippen LogP) is 9.73. The first kappa shape index (κ1) is 34.8. The van der Waals surface area contributed by atoms with Crippen molar-refractivity contribution in [1.29, 1.82) is 0 Å². The maximum atomic E-state index is 14.5. The second-order valence-corrected chi connectivity index (χ2v) is 11.0. The molecule has 0 bridgehead atoms. The molecule has 0 radical (unpaired) electrons. The zero-order valence-electron chi connectivity index (χ0n) is 26.4. The standard InChI is InChI=1S/C37H47FO6/c1-4-6-8-10-12-14-26-42-35-24-19-31(27-34(35)38)37(40)44-33-22-17-30(18-23-33)29-15-20-32(21-16-29)43-36(39)28(3)41-25-13-11-9-7-5-2/h15-24,27-28H,4-14,25-26H2,1-3H3/t28-/m0/s1. The van der Waals surface area contributed by atoms with E-state index in [2.05, 4.69) is 13.8 Å². The third-order valence-electron chi connectivity index (χ3n) is 7.34. The van der Waals surface area contributed by atoms with Gasteiger partial charge in [-0.1, -0.05) is 95.9 Å². The van der Waals surface area contributed by atoms with Crippen LogP contribution < -0.4 is 14.2 Å². The lowest BCUT2D eigenvalue weighted by Crippen LogP contribution is -2.26. The van der Waals surface area contributed by atoms with Gasteiger partial charge in [0, 0.05) is 6.61 Å². The summed E-state index contributed by atoms with van der Waals surface area (Å²) < 4.78 is 36.6. The van der Waals surface area contributed by atoms with Crippen LogP contribution in [0.3, 0.4) is 0 Å². The van der Waals surface area contributed by atoms with Gasteiger partial charge in [0.25, 0.3) is 0 Å². The van der Waals surface area contributed by atoms with Gasteiger partial charge in [-0.2, -0.15) is 0 Å². The number of carbonyl (C=O) groups is 2. The number of esters is 2. The van der Waals surface area contributed by atoms with Gasteiger partial charge in [-0.05, 0) is 73.4 Å². The fourth-order valence-electron chi connectivity index (χ4n) is 4.64. The van der Waals surface area contributed by atoms with Crippen LogP contribution in [0.25, 0.3) is 11.1 Å². The van der Waals surface area contributed by atoms with Crippen molar-refractivity contribution in [3.63, 3.8) is 0 Å². The predicted molar refractivity (Wildman–Crippen MR) is 172 cm³/mol. The first-order valence-corrected chi connectivity index (χ1v) is 16.1. The van der Waals surface area contributed by atoms with E-state index >= 15 is 0 Å². The van der Waals surface area contributed by atoms with Crippen molar-refractivity contribution < 1.29 is 32.9 Å². The molecule has 0 saturated carbocycles. The molecule has 0 saturated heterocycles. The number of carbonyl (C=O) groups excluding carboxylic acids is 2. The molecule has 44 heavy (non-hydrogen) atoms. The Bertz CT molecular complexity index is 1270. The monoisotopic (exact) mass is 606 g/mol. The highest BCUT2D eigenvalue weighted by Crippen LogP contribution is 2.26. The third-order valence-corrected chi connectivity index (χ3v) is 7.34. The number of hydrogen-bond donors (Lipinski definition) is 0. The van der Waals surface area contributed by atoms with E-state index in [1.165, 1.54) is 50.7 Å². The van der Waals surface area contributed by atoms with Crippen LogP contribution in [-0.2, 0) is 9.53 Å². The van der Waals surface area contributed by atoms with Crippen molar-refractivity contribution in [1.82, 2.24) is 0 Å². The summed E-state index contributed by atoms with van der Waals surface area (Å²) in [4.78, 5) is 25.0. The Labute approximate surface area is 261 Å². The number of unbranched alkanes of at least 4 members (excludes halogenated alkanes) is 9. The summed E-state index contributed by atoms with van der Waals surface area (Å²) in [6, 6.07) is 18.3. The summed E-state index contributed by atoms with van der Waals surface area (Å²) in [6.07, 6.45) is 11.7. The summed E-state index contributed by atoms with van der Waals surface area (Å²) in [6.45, 7) is 7.05. The molecule has 6 nitrogen and oxygen atoms in total. The maximum absolute atomic E-state index is 14.5. The zero-order valence-corrected chi connectivity index (χ0v) is 26.4. The van der Waals surface area contributed by atoms with Gasteiger partial charge in [0.15, 0.2) is 17.7 Å². The van der Waals surface area contributed by atoms with Crippen molar-refractivity contribution in [2.45, 2.75) is 97.5 Å². The van der Waals surface area contributed by atoms with Crippen molar-refractivity contribution in [2.24, 2.45) is 0 Å². The average molecular weight is 607 g/mol. The SMILES string of the molecule is CCCCCCCCOc1ccc(C(=O)Oc2ccc(-c3ccc(OC(=O)[C@H](C)OCCCCCCC)cc3)cc2)cc1F. The Kier molecular flexibility index (Phi) is 15.4. The van der Waals surface area contributed by atoms with Crippen LogP contribution >= 0.6 is 0 Å². The molecule has 3 aromatic rings. The molecular formula is C37H47FO6. The van der Waals surface area contributed by atoms with Gasteiger partial charge in [0.1, 0.15) is 11.5 Å². The Morgan fingerprint density at radius 3 is 1.75 bits per heavy atom. The normalized spacial score (nSPS) is 11.6.